The number of nitrogens with zero attached hydrogens (tertiary/aromatic N) is 1. The van der Waals surface area contributed by atoms with Crippen molar-refractivity contribution < 1.29 is 14.3 Å². The molecule has 0 aliphatic rings. The SMILES string of the molecule is CCNC(=O)C(C)N(Cc1c(Cl)cccc1Cl)C(=O)CCCOc1ccc(C)cc1. The van der Waals surface area contributed by atoms with Crippen molar-refractivity contribution in [1.82, 2.24) is 10.2 Å². The van der Waals surface area contributed by atoms with Crippen molar-refractivity contribution in [3.8, 4) is 5.75 Å². The van der Waals surface area contributed by atoms with E-state index in [0.717, 1.165) is 11.3 Å². The lowest BCUT2D eigenvalue weighted by molar-refractivity contribution is -0.140. The molecule has 162 valence electrons. The number of halogens is 2. The molecule has 0 radical (unpaired) electrons. The van der Waals surface area contributed by atoms with Gasteiger partial charge in [0.1, 0.15) is 11.8 Å². The van der Waals surface area contributed by atoms with Gasteiger partial charge in [0, 0.05) is 35.1 Å². The highest BCUT2D eigenvalue weighted by Gasteiger charge is 2.26. The van der Waals surface area contributed by atoms with E-state index in [1.54, 1.807) is 25.1 Å². The number of carbonyl (C=O) groups is 2. The van der Waals surface area contributed by atoms with Gasteiger partial charge in [-0.05, 0) is 51.5 Å². The topological polar surface area (TPSA) is 58.6 Å². The molecule has 2 aromatic rings. The number of likely N-dealkylation sites (N-methyl/N-ethyl adjacent to an activating group) is 1. The van der Waals surface area contributed by atoms with Crippen LogP contribution < -0.4 is 10.1 Å². The van der Waals surface area contributed by atoms with Gasteiger partial charge in [-0.2, -0.15) is 0 Å². The molecule has 0 aliphatic carbocycles. The molecular weight excluding hydrogens is 423 g/mol. The maximum Gasteiger partial charge on any atom is 0.242 e. The van der Waals surface area contributed by atoms with Gasteiger partial charge < -0.3 is 15.0 Å². The van der Waals surface area contributed by atoms with Crippen molar-refractivity contribution in [2.45, 2.75) is 46.2 Å². The van der Waals surface area contributed by atoms with Crippen LogP contribution in [0.25, 0.3) is 0 Å². The van der Waals surface area contributed by atoms with Crippen LogP contribution in [-0.2, 0) is 16.1 Å². The van der Waals surface area contributed by atoms with Gasteiger partial charge in [-0.1, -0.05) is 47.0 Å². The number of amides is 2. The molecule has 7 heteroatoms. The highest BCUT2D eigenvalue weighted by molar-refractivity contribution is 6.36. The summed E-state index contributed by atoms with van der Waals surface area (Å²) >= 11 is 12.6. The van der Waals surface area contributed by atoms with Crippen molar-refractivity contribution in [2.24, 2.45) is 0 Å². The van der Waals surface area contributed by atoms with E-state index in [4.69, 9.17) is 27.9 Å². The molecule has 0 bridgehead atoms. The first kappa shape index (κ1) is 24.0. The van der Waals surface area contributed by atoms with Crippen LogP contribution >= 0.6 is 23.2 Å². The van der Waals surface area contributed by atoms with Crippen molar-refractivity contribution in [1.29, 1.82) is 0 Å². The Hall–Kier alpha value is -2.24. The zero-order valence-corrected chi connectivity index (χ0v) is 19.1. The summed E-state index contributed by atoms with van der Waals surface area (Å²) in [7, 11) is 0. The van der Waals surface area contributed by atoms with Crippen LogP contribution in [0.3, 0.4) is 0 Å². The number of ether oxygens (including phenoxy) is 1. The van der Waals surface area contributed by atoms with E-state index in [1.807, 2.05) is 38.1 Å². The van der Waals surface area contributed by atoms with Crippen molar-refractivity contribution in [2.75, 3.05) is 13.2 Å². The first-order valence-corrected chi connectivity index (χ1v) is 10.8. The molecule has 0 saturated heterocycles. The molecule has 0 heterocycles. The average Bonchev–Trinajstić information content (AvgIpc) is 2.72. The fourth-order valence-electron chi connectivity index (χ4n) is 2.95. The van der Waals surface area contributed by atoms with Crippen LogP contribution in [0.1, 0.15) is 37.8 Å². The number of carbonyl (C=O) groups excluding carboxylic acids is 2. The summed E-state index contributed by atoms with van der Waals surface area (Å²) in [6.45, 7) is 6.61. The third-order valence-electron chi connectivity index (χ3n) is 4.73. The van der Waals surface area contributed by atoms with E-state index in [0.29, 0.717) is 35.2 Å². The zero-order valence-electron chi connectivity index (χ0n) is 17.6. The molecule has 1 unspecified atom stereocenters. The Morgan fingerprint density at radius 1 is 1.10 bits per heavy atom. The van der Waals surface area contributed by atoms with Crippen LogP contribution in [0.4, 0.5) is 0 Å². The quantitative estimate of drug-likeness (QED) is 0.517. The number of hydrogen-bond acceptors (Lipinski definition) is 3. The molecular formula is C23H28Cl2N2O3. The maximum absolute atomic E-state index is 13.0. The molecule has 2 aromatic carbocycles. The second-order valence-corrected chi connectivity index (χ2v) is 7.87. The fraction of sp³-hybridized carbons (Fsp3) is 0.391. The highest BCUT2D eigenvalue weighted by atomic mass is 35.5. The molecule has 0 saturated carbocycles. The third-order valence-corrected chi connectivity index (χ3v) is 5.44. The van der Waals surface area contributed by atoms with E-state index in [-0.39, 0.29) is 24.8 Å². The predicted molar refractivity (Wildman–Crippen MR) is 121 cm³/mol. The van der Waals surface area contributed by atoms with Gasteiger partial charge in [-0.25, -0.2) is 0 Å². The smallest absolute Gasteiger partial charge is 0.242 e. The largest absolute Gasteiger partial charge is 0.494 e. The second-order valence-electron chi connectivity index (χ2n) is 7.06. The normalized spacial score (nSPS) is 11.6. The van der Waals surface area contributed by atoms with Gasteiger partial charge in [0.25, 0.3) is 0 Å². The lowest BCUT2D eigenvalue weighted by atomic mass is 10.1. The number of rotatable bonds is 10. The lowest BCUT2D eigenvalue weighted by Crippen LogP contribution is -2.47. The van der Waals surface area contributed by atoms with Crippen molar-refractivity contribution in [3.63, 3.8) is 0 Å². The van der Waals surface area contributed by atoms with Crippen molar-refractivity contribution in [3.05, 3.63) is 63.6 Å². The van der Waals surface area contributed by atoms with E-state index in [1.165, 1.54) is 4.90 Å². The second kappa shape index (κ2) is 11.8. The summed E-state index contributed by atoms with van der Waals surface area (Å²) in [5, 5.41) is 3.69. The summed E-state index contributed by atoms with van der Waals surface area (Å²) in [5.74, 6) is 0.394. The Bertz CT molecular complexity index is 836. The monoisotopic (exact) mass is 450 g/mol. The zero-order chi connectivity index (χ0) is 22.1. The Morgan fingerprint density at radius 3 is 2.33 bits per heavy atom. The number of aryl methyl sites for hydroxylation is 1. The van der Waals surface area contributed by atoms with Gasteiger partial charge in [-0.15, -0.1) is 0 Å². The van der Waals surface area contributed by atoms with Crippen LogP contribution in [0.2, 0.25) is 10.0 Å². The highest BCUT2D eigenvalue weighted by Crippen LogP contribution is 2.27. The van der Waals surface area contributed by atoms with Crippen LogP contribution in [0.5, 0.6) is 5.75 Å². The van der Waals surface area contributed by atoms with Gasteiger partial charge in [0.05, 0.1) is 6.61 Å². The molecule has 2 amide bonds. The Kier molecular flexibility index (Phi) is 9.47. The standard InChI is InChI=1S/C23H28Cl2N2O3/c1-4-26-23(29)17(3)27(15-19-20(24)7-5-8-21(19)25)22(28)9-6-14-30-18-12-10-16(2)11-13-18/h5,7-8,10-13,17H,4,6,9,14-15H2,1-3H3,(H,26,29). The maximum atomic E-state index is 13.0. The van der Waals surface area contributed by atoms with Crippen LogP contribution in [0.15, 0.2) is 42.5 Å². The van der Waals surface area contributed by atoms with E-state index < -0.39 is 6.04 Å². The number of nitrogens with one attached hydrogen (secondary N) is 1. The third kappa shape index (κ3) is 6.92. The van der Waals surface area contributed by atoms with Crippen molar-refractivity contribution >= 4 is 35.0 Å². The average molecular weight is 451 g/mol. The molecule has 0 aromatic heterocycles. The van der Waals surface area contributed by atoms with Gasteiger partial charge in [0.2, 0.25) is 11.8 Å². The molecule has 1 N–H and O–H groups in total. The van der Waals surface area contributed by atoms with Crippen LogP contribution in [-0.4, -0.2) is 35.9 Å². The van der Waals surface area contributed by atoms with E-state index >= 15 is 0 Å². The lowest BCUT2D eigenvalue weighted by Gasteiger charge is -2.29. The first-order chi connectivity index (χ1) is 14.3. The first-order valence-electron chi connectivity index (χ1n) is 10.0. The summed E-state index contributed by atoms with van der Waals surface area (Å²) < 4.78 is 5.70. The minimum absolute atomic E-state index is 0.155. The summed E-state index contributed by atoms with van der Waals surface area (Å²) in [5.41, 5.74) is 1.78. The molecule has 2 rings (SSSR count). The Balaban J connectivity index is 2.04. The van der Waals surface area contributed by atoms with Gasteiger partial charge in [0.15, 0.2) is 0 Å². The number of benzene rings is 2. The minimum atomic E-state index is -0.650. The Labute approximate surface area is 188 Å². The van der Waals surface area contributed by atoms with E-state index in [2.05, 4.69) is 5.32 Å². The predicted octanol–water partition coefficient (Wildman–Crippen LogP) is 5.01. The van der Waals surface area contributed by atoms with Gasteiger partial charge >= 0.3 is 0 Å². The molecule has 30 heavy (non-hydrogen) atoms. The fourth-order valence-corrected chi connectivity index (χ4v) is 3.47. The molecule has 0 fully saturated rings. The molecule has 1 atom stereocenters. The van der Waals surface area contributed by atoms with Crippen LogP contribution in [0, 0.1) is 6.92 Å². The Morgan fingerprint density at radius 2 is 1.73 bits per heavy atom. The van der Waals surface area contributed by atoms with Gasteiger partial charge in [-0.3, -0.25) is 9.59 Å². The molecule has 5 nitrogen and oxygen atoms in total. The summed E-state index contributed by atoms with van der Waals surface area (Å²) in [6.07, 6.45) is 0.777. The van der Waals surface area contributed by atoms with E-state index in [9.17, 15) is 9.59 Å². The molecule has 0 spiro atoms. The summed E-state index contributed by atoms with van der Waals surface area (Å²) in [6, 6.07) is 12.3. The molecule has 0 aliphatic heterocycles. The number of hydrogen-bond donors (Lipinski definition) is 1. The summed E-state index contributed by atoms with van der Waals surface area (Å²) in [4.78, 5) is 26.9. The minimum Gasteiger partial charge on any atom is -0.494 e.